The van der Waals surface area contributed by atoms with Crippen molar-refractivity contribution in [2.75, 3.05) is 39.5 Å². The molecule has 2 N–H and O–H groups in total. The Morgan fingerprint density at radius 2 is 2.10 bits per heavy atom. The second-order valence-electron chi connectivity index (χ2n) is 5.57. The molecule has 2 rings (SSSR count). The monoisotopic (exact) mass is 332 g/mol. The Hall–Kier alpha value is -0.890. The van der Waals surface area contributed by atoms with Gasteiger partial charge in [-0.3, -0.25) is 0 Å². The molecule has 1 aromatic heterocycles. The van der Waals surface area contributed by atoms with Crippen LogP contribution in [0.2, 0.25) is 5.02 Å². The van der Waals surface area contributed by atoms with Gasteiger partial charge in [0.2, 0.25) is 10.0 Å². The van der Waals surface area contributed by atoms with Crippen LogP contribution in [0, 0.1) is 5.92 Å². The van der Waals surface area contributed by atoms with Crippen molar-refractivity contribution >= 4 is 27.4 Å². The van der Waals surface area contributed by atoms with E-state index in [1.54, 1.807) is 7.05 Å². The normalized spacial score (nSPS) is 18.3. The molecular weight excluding hydrogens is 312 g/mol. The Balaban J connectivity index is 2.09. The van der Waals surface area contributed by atoms with Gasteiger partial charge in [-0.05, 0) is 45.0 Å². The average molecular weight is 333 g/mol. The number of nitrogens with two attached hydrogens (primary N) is 1. The Labute approximate surface area is 130 Å². The number of aromatic nitrogens is 1. The number of rotatable bonds is 4. The van der Waals surface area contributed by atoms with Gasteiger partial charge in [0, 0.05) is 19.8 Å². The van der Waals surface area contributed by atoms with Gasteiger partial charge >= 0.3 is 0 Å². The highest BCUT2D eigenvalue weighted by Crippen LogP contribution is 2.24. The number of piperidine rings is 1. The molecule has 0 amide bonds. The molecule has 1 saturated heterocycles. The van der Waals surface area contributed by atoms with Crippen LogP contribution in [0.4, 0.5) is 5.82 Å². The number of nitrogen functional groups attached to an aromatic ring is 1. The van der Waals surface area contributed by atoms with E-state index < -0.39 is 10.0 Å². The molecule has 2 heterocycles. The van der Waals surface area contributed by atoms with Crippen LogP contribution in [-0.2, 0) is 10.0 Å². The van der Waals surface area contributed by atoms with Crippen molar-refractivity contribution in [3.8, 4) is 0 Å². The first-order chi connectivity index (χ1) is 9.80. The van der Waals surface area contributed by atoms with Crippen molar-refractivity contribution in [3.63, 3.8) is 0 Å². The zero-order chi connectivity index (χ0) is 15.6. The van der Waals surface area contributed by atoms with Gasteiger partial charge < -0.3 is 10.6 Å². The van der Waals surface area contributed by atoms with Gasteiger partial charge in [0.1, 0.15) is 10.7 Å². The van der Waals surface area contributed by atoms with E-state index in [0.29, 0.717) is 12.5 Å². The van der Waals surface area contributed by atoms with Gasteiger partial charge in [-0.25, -0.2) is 17.7 Å². The van der Waals surface area contributed by atoms with Gasteiger partial charge in [0.25, 0.3) is 0 Å². The topological polar surface area (TPSA) is 79.5 Å². The number of pyridine rings is 1. The molecule has 0 atom stereocenters. The second-order valence-corrected chi connectivity index (χ2v) is 8.02. The predicted molar refractivity (Wildman–Crippen MR) is 83.7 cm³/mol. The van der Waals surface area contributed by atoms with Crippen molar-refractivity contribution in [2.24, 2.45) is 5.92 Å². The summed E-state index contributed by atoms with van der Waals surface area (Å²) in [5, 5.41) is 0.156. The number of anilines is 1. The largest absolute Gasteiger partial charge is 0.382 e. The molecular formula is C13H21ClN4O2S. The van der Waals surface area contributed by atoms with Crippen molar-refractivity contribution in [1.82, 2.24) is 14.2 Å². The third kappa shape index (κ3) is 3.85. The van der Waals surface area contributed by atoms with Crippen molar-refractivity contribution in [1.29, 1.82) is 0 Å². The van der Waals surface area contributed by atoms with Crippen LogP contribution in [-0.4, -0.2) is 56.3 Å². The predicted octanol–water partition coefficient (Wildman–Crippen LogP) is 1.28. The highest BCUT2D eigenvalue weighted by Gasteiger charge is 2.26. The van der Waals surface area contributed by atoms with E-state index in [4.69, 9.17) is 17.3 Å². The highest BCUT2D eigenvalue weighted by molar-refractivity contribution is 7.89. The Kier molecular flexibility index (Phi) is 5.08. The molecule has 1 aliphatic rings. The van der Waals surface area contributed by atoms with Crippen LogP contribution in [0.5, 0.6) is 0 Å². The molecule has 1 aliphatic heterocycles. The Morgan fingerprint density at radius 3 is 2.67 bits per heavy atom. The molecule has 8 heteroatoms. The standard InChI is InChI=1S/C13H21ClN4O2S/c1-17-5-3-10(4-6-17)9-18(2)21(19,20)11-7-12(14)13(15)16-8-11/h7-8,10H,3-6,9H2,1-2H3,(H2,15,16). The van der Waals surface area contributed by atoms with Crippen molar-refractivity contribution < 1.29 is 8.42 Å². The van der Waals surface area contributed by atoms with E-state index in [1.807, 2.05) is 0 Å². The van der Waals surface area contributed by atoms with Crippen LogP contribution < -0.4 is 5.73 Å². The molecule has 1 aromatic rings. The summed E-state index contributed by atoms with van der Waals surface area (Å²) in [5.41, 5.74) is 5.51. The van der Waals surface area contributed by atoms with Gasteiger partial charge in [0.15, 0.2) is 0 Å². The van der Waals surface area contributed by atoms with Gasteiger partial charge in [-0.2, -0.15) is 0 Å². The van der Waals surface area contributed by atoms with E-state index >= 15 is 0 Å². The molecule has 1 fully saturated rings. The number of hydrogen-bond acceptors (Lipinski definition) is 5. The molecule has 0 aromatic carbocycles. The number of sulfonamides is 1. The molecule has 0 spiro atoms. The molecule has 6 nitrogen and oxygen atoms in total. The summed E-state index contributed by atoms with van der Waals surface area (Å²) in [6.07, 6.45) is 3.27. The van der Waals surface area contributed by atoms with Gasteiger partial charge in [-0.15, -0.1) is 0 Å². The highest BCUT2D eigenvalue weighted by atomic mass is 35.5. The fourth-order valence-electron chi connectivity index (χ4n) is 2.46. The maximum absolute atomic E-state index is 12.5. The second kappa shape index (κ2) is 6.48. The van der Waals surface area contributed by atoms with E-state index in [1.165, 1.54) is 16.6 Å². The summed E-state index contributed by atoms with van der Waals surface area (Å²) >= 11 is 5.86. The third-order valence-electron chi connectivity index (χ3n) is 3.91. The first kappa shape index (κ1) is 16.5. The number of nitrogens with zero attached hydrogens (tertiary/aromatic N) is 3. The number of hydrogen-bond donors (Lipinski definition) is 1. The number of halogens is 1. The van der Waals surface area contributed by atoms with Crippen molar-refractivity contribution in [2.45, 2.75) is 17.7 Å². The lowest BCUT2D eigenvalue weighted by Crippen LogP contribution is -2.38. The lowest BCUT2D eigenvalue weighted by atomic mass is 9.97. The van der Waals surface area contributed by atoms with E-state index in [-0.39, 0.29) is 15.7 Å². The maximum Gasteiger partial charge on any atom is 0.244 e. The summed E-state index contributed by atoms with van der Waals surface area (Å²) in [6.45, 7) is 2.53. The van der Waals surface area contributed by atoms with E-state index in [2.05, 4.69) is 16.9 Å². The lowest BCUT2D eigenvalue weighted by molar-refractivity contribution is 0.202. The maximum atomic E-state index is 12.5. The van der Waals surface area contributed by atoms with E-state index in [0.717, 1.165) is 25.9 Å². The van der Waals surface area contributed by atoms with E-state index in [9.17, 15) is 8.42 Å². The quantitative estimate of drug-likeness (QED) is 0.898. The summed E-state index contributed by atoms with van der Waals surface area (Å²) in [7, 11) is 0.103. The van der Waals surface area contributed by atoms with Crippen LogP contribution >= 0.6 is 11.6 Å². The minimum Gasteiger partial charge on any atom is -0.382 e. The molecule has 0 unspecified atom stereocenters. The summed E-state index contributed by atoms with van der Waals surface area (Å²) in [5.74, 6) is 0.520. The molecule has 118 valence electrons. The molecule has 0 saturated carbocycles. The van der Waals surface area contributed by atoms with Crippen molar-refractivity contribution in [3.05, 3.63) is 17.3 Å². The summed E-state index contributed by atoms with van der Waals surface area (Å²) in [4.78, 5) is 6.16. The zero-order valence-electron chi connectivity index (χ0n) is 12.3. The lowest BCUT2D eigenvalue weighted by Gasteiger charge is -2.31. The smallest absolute Gasteiger partial charge is 0.244 e. The SMILES string of the molecule is CN1CCC(CN(C)S(=O)(=O)c2cnc(N)c(Cl)c2)CC1. The molecule has 0 bridgehead atoms. The molecule has 0 radical (unpaired) electrons. The first-order valence-corrected chi connectivity index (χ1v) is 8.68. The van der Waals surface area contributed by atoms with Crippen LogP contribution in [0.3, 0.4) is 0 Å². The summed E-state index contributed by atoms with van der Waals surface area (Å²) in [6, 6.07) is 1.35. The fraction of sp³-hybridized carbons (Fsp3) is 0.615. The summed E-state index contributed by atoms with van der Waals surface area (Å²) < 4.78 is 26.4. The molecule has 0 aliphatic carbocycles. The fourth-order valence-corrected chi connectivity index (χ4v) is 3.91. The van der Waals surface area contributed by atoms with Crippen LogP contribution in [0.1, 0.15) is 12.8 Å². The van der Waals surface area contributed by atoms with Crippen LogP contribution in [0.15, 0.2) is 17.2 Å². The van der Waals surface area contributed by atoms with Crippen LogP contribution in [0.25, 0.3) is 0 Å². The molecule has 21 heavy (non-hydrogen) atoms. The minimum atomic E-state index is -3.57. The van der Waals surface area contributed by atoms with Gasteiger partial charge in [-0.1, -0.05) is 11.6 Å². The minimum absolute atomic E-state index is 0.0807. The Bertz CT molecular complexity index is 600. The number of likely N-dealkylation sites (tertiary alicyclic amines) is 1. The zero-order valence-corrected chi connectivity index (χ0v) is 13.9. The average Bonchev–Trinajstić information content (AvgIpc) is 2.44. The third-order valence-corrected chi connectivity index (χ3v) is 6.00. The van der Waals surface area contributed by atoms with Gasteiger partial charge in [0.05, 0.1) is 5.02 Å². The first-order valence-electron chi connectivity index (χ1n) is 6.86. The Morgan fingerprint density at radius 1 is 1.48 bits per heavy atom.